The second-order valence-corrected chi connectivity index (χ2v) is 7.40. The van der Waals surface area contributed by atoms with Crippen LogP contribution in [0.4, 0.5) is 15.8 Å². The molecule has 0 saturated heterocycles. The van der Waals surface area contributed by atoms with Crippen LogP contribution in [0.15, 0.2) is 42.5 Å². The normalized spacial score (nSPS) is 15.2. The number of nitrogens with two attached hydrogens (primary N) is 1. The maximum atomic E-state index is 12.9. The quantitative estimate of drug-likeness (QED) is 0.574. The van der Waals surface area contributed by atoms with Crippen LogP contribution in [0.1, 0.15) is 37.3 Å². The zero-order valence-electron chi connectivity index (χ0n) is 15.1. The van der Waals surface area contributed by atoms with Gasteiger partial charge in [0.1, 0.15) is 5.82 Å². The van der Waals surface area contributed by atoms with E-state index in [0.717, 1.165) is 29.7 Å². The van der Waals surface area contributed by atoms with Crippen LogP contribution in [0.25, 0.3) is 0 Å². The largest absolute Gasteiger partial charge is 0.465 e. The number of anilines is 2. The van der Waals surface area contributed by atoms with Crippen LogP contribution in [0, 0.1) is 11.2 Å². The van der Waals surface area contributed by atoms with E-state index < -0.39 is 0 Å². The maximum absolute atomic E-state index is 12.9. The van der Waals surface area contributed by atoms with Gasteiger partial charge in [0.25, 0.3) is 0 Å². The Labute approximate surface area is 153 Å². The number of hydrogen-bond donors (Lipinski definition) is 2. The van der Waals surface area contributed by atoms with E-state index in [-0.39, 0.29) is 23.6 Å². The standard InChI is InChI=1S/C21H25FN2O2/c1-21(9-2-10-21)14-26-20(25)11-16-5-8-18(12-19(16)23)24-13-15-3-6-17(22)7-4-15/h3-8,12,24H,2,9-11,13-14,23H2,1H3. The smallest absolute Gasteiger partial charge is 0.310 e. The van der Waals surface area contributed by atoms with Crippen LogP contribution in [0.2, 0.25) is 0 Å². The summed E-state index contributed by atoms with van der Waals surface area (Å²) >= 11 is 0. The monoisotopic (exact) mass is 356 g/mol. The van der Waals surface area contributed by atoms with Gasteiger partial charge in [-0.2, -0.15) is 0 Å². The summed E-state index contributed by atoms with van der Waals surface area (Å²) in [4.78, 5) is 12.1. The summed E-state index contributed by atoms with van der Waals surface area (Å²) < 4.78 is 18.3. The van der Waals surface area contributed by atoms with Crippen molar-refractivity contribution in [1.29, 1.82) is 0 Å². The molecule has 2 aromatic rings. The molecular formula is C21H25FN2O2. The number of carbonyl (C=O) groups excluding carboxylic acids is 1. The van der Waals surface area contributed by atoms with Crippen molar-refractivity contribution >= 4 is 17.3 Å². The third-order valence-corrected chi connectivity index (χ3v) is 5.03. The molecule has 1 saturated carbocycles. The molecule has 1 fully saturated rings. The molecule has 26 heavy (non-hydrogen) atoms. The average molecular weight is 356 g/mol. The molecule has 1 aliphatic carbocycles. The number of hydrogen-bond acceptors (Lipinski definition) is 4. The minimum absolute atomic E-state index is 0.162. The summed E-state index contributed by atoms with van der Waals surface area (Å²) in [7, 11) is 0. The second-order valence-electron chi connectivity index (χ2n) is 7.40. The minimum Gasteiger partial charge on any atom is -0.465 e. The molecule has 0 atom stereocenters. The van der Waals surface area contributed by atoms with Crippen LogP contribution in [-0.4, -0.2) is 12.6 Å². The van der Waals surface area contributed by atoms with E-state index >= 15 is 0 Å². The van der Waals surface area contributed by atoms with E-state index in [0.29, 0.717) is 18.8 Å². The van der Waals surface area contributed by atoms with Gasteiger partial charge in [-0.3, -0.25) is 4.79 Å². The van der Waals surface area contributed by atoms with Crippen LogP contribution >= 0.6 is 0 Å². The lowest BCUT2D eigenvalue weighted by Crippen LogP contribution is -2.32. The van der Waals surface area contributed by atoms with Gasteiger partial charge in [-0.15, -0.1) is 0 Å². The molecule has 3 N–H and O–H groups in total. The maximum Gasteiger partial charge on any atom is 0.310 e. The zero-order valence-corrected chi connectivity index (χ0v) is 15.1. The van der Waals surface area contributed by atoms with Crippen molar-refractivity contribution in [2.75, 3.05) is 17.7 Å². The van der Waals surface area contributed by atoms with Gasteiger partial charge in [0, 0.05) is 23.3 Å². The first-order chi connectivity index (χ1) is 12.4. The molecule has 0 radical (unpaired) electrons. The fourth-order valence-corrected chi connectivity index (χ4v) is 3.06. The molecule has 138 valence electrons. The Kier molecular flexibility index (Phi) is 5.45. The first kappa shape index (κ1) is 18.2. The number of benzene rings is 2. The Morgan fingerprint density at radius 2 is 1.96 bits per heavy atom. The lowest BCUT2D eigenvalue weighted by molar-refractivity contribution is -0.148. The van der Waals surface area contributed by atoms with Gasteiger partial charge < -0.3 is 15.8 Å². The number of nitrogen functional groups attached to an aromatic ring is 1. The van der Waals surface area contributed by atoms with E-state index in [9.17, 15) is 9.18 Å². The van der Waals surface area contributed by atoms with Crippen molar-refractivity contribution in [3.63, 3.8) is 0 Å². The van der Waals surface area contributed by atoms with Gasteiger partial charge in [0.2, 0.25) is 0 Å². The van der Waals surface area contributed by atoms with E-state index in [1.807, 2.05) is 12.1 Å². The molecule has 0 heterocycles. The Bertz CT molecular complexity index is 770. The number of rotatable bonds is 7. The van der Waals surface area contributed by atoms with Gasteiger partial charge in [0.05, 0.1) is 13.0 Å². The predicted octanol–water partition coefficient (Wildman–Crippen LogP) is 4.30. The summed E-state index contributed by atoms with van der Waals surface area (Å²) in [6, 6.07) is 11.9. The van der Waals surface area contributed by atoms with Crippen molar-refractivity contribution in [3.8, 4) is 0 Å². The highest BCUT2D eigenvalue weighted by atomic mass is 19.1. The zero-order chi connectivity index (χ0) is 18.6. The molecule has 1 aliphatic rings. The van der Waals surface area contributed by atoms with Crippen molar-refractivity contribution in [1.82, 2.24) is 0 Å². The van der Waals surface area contributed by atoms with Gasteiger partial charge in [-0.1, -0.05) is 31.5 Å². The van der Waals surface area contributed by atoms with E-state index in [2.05, 4.69) is 12.2 Å². The first-order valence-corrected chi connectivity index (χ1v) is 8.96. The molecule has 4 nitrogen and oxygen atoms in total. The lowest BCUT2D eigenvalue weighted by Gasteiger charge is -2.37. The number of ether oxygens (including phenoxy) is 1. The average Bonchev–Trinajstić information content (AvgIpc) is 2.60. The topological polar surface area (TPSA) is 64.3 Å². The highest BCUT2D eigenvalue weighted by molar-refractivity contribution is 5.75. The number of nitrogens with one attached hydrogen (secondary N) is 1. The van der Waals surface area contributed by atoms with Crippen molar-refractivity contribution in [2.24, 2.45) is 5.41 Å². The van der Waals surface area contributed by atoms with Gasteiger partial charge in [0.15, 0.2) is 0 Å². The van der Waals surface area contributed by atoms with Crippen LogP contribution in [0.5, 0.6) is 0 Å². The van der Waals surface area contributed by atoms with Crippen LogP contribution in [0.3, 0.4) is 0 Å². The fraction of sp³-hybridized carbons (Fsp3) is 0.381. The third-order valence-electron chi connectivity index (χ3n) is 5.03. The summed E-state index contributed by atoms with van der Waals surface area (Å²) in [5.41, 5.74) is 9.39. The van der Waals surface area contributed by atoms with Crippen molar-refractivity contribution < 1.29 is 13.9 Å². The Hall–Kier alpha value is -2.56. The third kappa shape index (κ3) is 4.75. The molecular weight excluding hydrogens is 331 g/mol. The lowest BCUT2D eigenvalue weighted by atomic mass is 9.71. The Morgan fingerprint density at radius 1 is 1.23 bits per heavy atom. The van der Waals surface area contributed by atoms with Crippen LogP contribution in [-0.2, 0) is 22.5 Å². The van der Waals surface area contributed by atoms with Crippen molar-refractivity contribution in [3.05, 3.63) is 59.4 Å². The fourth-order valence-electron chi connectivity index (χ4n) is 3.06. The molecule has 0 aromatic heterocycles. The summed E-state index contributed by atoms with van der Waals surface area (Å²) in [5, 5.41) is 3.24. The molecule has 5 heteroatoms. The Balaban J connectivity index is 1.51. The minimum atomic E-state index is -0.250. The molecule has 3 rings (SSSR count). The molecule has 0 unspecified atom stereocenters. The Morgan fingerprint density at radius 3 is 2.58 bits per heavy atom. The highest BCUT2D eigenvalue weighted by Crippen LogP contribution is 2.40. The molecule has 0 spiro atoms. The van der Waals surface area contributed by atoms with E-state index in [4.69, 9.17) is 10.5 Å². The summed E-state index contributed by atoms with van der Waals surface area (Å²) in [6.07, 6.45) is 3.64. The summed E-state index contributed by atoms with van der Waals surface area (Å²) in [5.74, 6) is -0.489. The highest BCUT2D eigenvalue weighted by Gasteiger charge is 2.33. The van der Waals surface area contributed by atoms with Gasteiger partial charge in [-0.25, -0.2) is 4.39 Å². The number of halogens is 1. The van der Waals surface area contributed by atoms with Crippen molar-refractivity contribution in [2.45, 2.75) is 39.2 Å². The van der Waals surface area contributed by atoms with E-state index in [1.54, 1.807) is 18.2 Å². The number of esters is 1. The molecule has 0 amide bonds. The van der Waals surface area contributed by atoms with Gasteiger partial charge >= 0.3 is 5.97 Å². The first-order valence-electron chi connectivity index (χ1n) is 8.96. The van der Waals surface area contributed by atoms with E-state index in [1.165, 1.54) is 18.6 Å². The predicted molar refractivity (Wildman–Crippen MR) is 101 cm³/mol. The van der Waals surface area contributed by atoms with Crippen LogP contribution < -0.4 is 11.1 Å². The van der Waals surface area contributed by atoms with Gasteiger partial charge in [-0.05, 0) is 48.2 Å². The molecule has 0 aliphatic heterocycles. The SMILES string of the molecule is CC1(COC(=O)Cc2ccc(NCc3ccc(F)cc3)cc2N)CCC1. The molecule has 2 aromatic carbocycles. The summed E-state index contributed by atoms with van der Waals surface area (Å²) in [6.45, 7) is 3.21. The second kappa shape index (κ2) is 7.77. The molecule has 0 bridgehead atoms. The number of carbonyl (C=O) groups is 1.